The first-order chi connectivity index (χ1) is 10.2. The van der Waals surface area contributed by atoms with Crippen LogP contribution in [0.5, 0.6) is 0 Å². The molecule has 0 saturated heterocycles. The molecule has 0 saturated carbocycles. The number of aromatic nitrogens is 1. The number of para-hydroxylation sites is 1. The molecule has 0 bridgehead atoms. The smallest absolute Gasteiger partial charge is 0.218 e. The van der Waals surface area contributed by atoms with Crippen molar-refractivity contribution in [1.82, 2.24) is 4.98 Å². The predicted octanol–water partition coefficient (Wildman–Crippen LogP) is 3.24. The molecule has 0 spiro atoms. The molecule has 3 rings (SSSR count). The van der Waals surface area contributed by atoms with E-state index >= 15 is 0 Å². The van der Waals surface area contributed by atoms with Crippen molar-refractivity contribution in [3.63, 3.8) is 0 Å². The van der Waals surface area contributed by atoms with E-state index in [9.17, 15) is 4.79 Å². The van der Waals surface area contributed by atoms with E-state index < -0.39 is 0 Å². The minimum atomic E-state index is -0.321. The Bertz CT molecular complexity index is 768. The van der Waals surface area contributed by atoms with Crippen LogP contribution in [0.3, 0.4) is 0 Å². The summed E-state index contributed by atoms with van der Waals surface area (Å²) < 4.78 is 0. The van der Waals surface area contributed by atoms with Gasteiger partial charge in [0.1, 0.15) is 0 Å². The van der Waals surface area contributed by atoms with Crippen LogP contribution >= 0.6 is 0 Å². The van der Waals surface area contributed by atoms with E-state index in [1.165, 1.54) is 0 Å². The van der Waals surface area contributed by atoms with Crippen LogP contribution in [0, 0.1) is 0 Å². The standard InChI is InChI=1S/C18H16N2O/c19-18(21)12-15(13-6-2-1-3-7-13)17-11-10-14-8-4-5-9-16(14)20-17/h1-11,15H,12H2,(H2,19,21). The van der Waals surface area contributed by atoms with Gasteiger partial charge in [0.05, 0.1) is 5.52 Å². The molecule has 2 aromatic carbocycles. The maximum absolute atomic E-state index is 11.4. The number of amides is 1. The molecular formula is C18H16N2O. The number of rotatable bonds is 4. The van der Waals surface area contributed by atoms with Gasteiger partial charge in [0.2, 0.25) is 5.91 Å². The molecule has 1 amide bonds. The highest BCUT2D eigenvalue weighted by Crippen LogP contribution is 2.27. The van der Waals surface area contributed by atoms with Gasteiger partial charge in [-0.05, 0) is 17.7 Å². The first-order valence-electron chi connectivity index (χ1n) is 6.93. The second-order valence-electron chi connectivity index (χ2n) is 5.06. The van der Waals surface area contributed by atoms with Gasteiger partial charge in [-0.3, -0.25) is 9.78 Å². The zero-order valence-corrected chi connectivity index (χ0v) is 11.6. The first-order valence-corrected chi connectivity index (χ1v) is 6.93. The Morgan fingerprint density at radius 2 is 1.67 bits per heavy atom. The van der Waals surface area contributed by atoms with Gasteiger partial charge in [0.15, 0.2) is 0 Å². The molecule has 1 heterocycles. The van der Waals surface area contributed by atoms with E-state index in [1.54, 1.807) is 0 Å². The SMILES string of the molecule is NC(=O)CC(c1ccccc1)c1ccc2ccccc2n1. The third-order valence-electron chi connectivity index (χ3n) is 3.58. The maximum Gasteiger partial charge on any atom is 0.218 e. The lowest BCUT2D eigenvalue weighted by Crippen LogP contribution is -2.17. The fraction of sp³-hybridized carbons (Fsp3) is 0.111. The number of benzene rings is 2. The van der Waals surface area contributed by atoms with Crippen molar-refractivity contribution in [2.24, 2.45) is 5.73 Å². The van der Waals surface area contributed by atoms with Gasteiger partial charge in [0, 0.05) is 23.4 Å². The number of hydrogen-bond acceptors (Lipinski definition) is 2. The fourth-order valence-corrected chi connectivity index (χ4v) is 2.56. The van der Waals surface area contributed by atoms with Gasteiger partial charge >= 0.3 is 0 Å². The number of hydrogen-bond donors (Lipinski definition) is 1. The average Bonchev–Trinajstić information content (AvgIpc) is 2.53. The number of carbonyl (C=O) groups is 1. The molecular weight excluding hydrogens is 260 g/mol. The van der Waals surface area contributed by atoms with Crippen molar-refractivity contribution in [2.75, 3.05) is 0 Å². The van der Waals surface area contributed by atoms with Gasteiger partial charge in [-0.1, -0.05) is 54.6 Å². The molecule has 1 atom stereocenters. The molecule has 0 aliphatic heterocycles. The van der Waals surface area contributed by atoms with Gasteiger partial charge in [-0.15, -0.1) is 0 Å². The first kappa shape index (κ1) is 13.3. The molecule has 3 heteroatoms. The van der Waals surface area contributed by atoms with Crippen LogP contribution in [0.2, 0.25) is 0 Å². The third-order valence-corrected chi connectivity index (χ3v) is 3.58. The van der Waals surface area contributed by atoms with E-state index in [1.807, 2.05) is 66.7 Å². The van der Waals surface area contributed by atoms with E-state index in [2.05, 4.69) is 0 Å². The second-order valence-corrected chi connectivity index (χ2v) is 5.06. The molecule has 0 aliphatic carbocycles. The summed E-state index contributed by atoms with van der Waals surface area (Å²) in [5.74, 6) is -0.424. The summed E-state index contributed by atoms with van der Waals surface area (Å²) in [5, 5.41) is 1.09. The van der Waals surface area contributed by atoms with Crippen molar-refractivity contribution < 1.29 is 4.79 Å². The van der Waals surface area contributed by atoms with Crippen LogP contribution in [-0.2, 0) is 4.79 Å². The average molecular weight is 276 g/mol. The third kappa shape index (κ3) is 2.92. The Hall–Kier alpha value is -2.68. The fourth-order valence-electron chi connectivity index (χ4n) is 2.56. The molecule has 2 N–H and O–H groups in total. The molecule has 0 aliphatic rings. The lowest BCUT2D eigenvalue weighted by molar-refractivity contribution is -0.118. The molecule has 1 unspecified atom stereocenters. The Balaban J connectivity index is 2.07. The van der Waals surface area contributed by atoms with Crippen LogP contribution in [0.4, 0.5) is 0 Å². The highest BCUT2D eigenvalue weighted by molar-refractivity contribution is 5.79. The molecule has 1 aromatic heterocycles. The van der Waals surface area contributed by atoms with Gasteiger partial charge < -0.3 is 5.73 Å². The molecule has 3 aromatic rings. The van der Waals surface area contributed by atoms with Crippen LogP contribution in [0.15, 0.2) is 66.7 Å². The van der Waals surface area contributed by atoms with E-state index in [0.29, 0.717) is 0 Å². The summed E-state index contributed by atoms with van der Waals surface area (Å²) in [6, 6.07) is 21.9. The molecule has 21 heavy (non-hydrogen) atoms. The predicted molar refractivity (Wildman–Crippen MR) is 83.8 cm³/mol. The maximum atomic E-state index is 11.4. The molecule has 3 nitrogen and oxygen atoms in total. The Labute approximate surface area is 123 Å². The second kappa shape index (κ2) is 5.75. The summed E-state index contributed by atoms with van der Waals surface area (Å²) in [6.45, 7) is 0. The molecule has 104 valence electrons. The van der Waals surface area contributed by atoms with E-state index in [-0.39, 0.29) is 18.2 Å². The zero-order valence-electron chi connectivity index (χ0n) is 11.6. The number of nitrogens with zero attached hydrogens (tertiary/aromatic N) is 1. The van der Waals surface area contributed by atoms with E-state index in [0.717, 1.165) is 22.2 Å². The highest BCUT2D eigenvalue weighted by atomic mass is 16.1. The Morgan fingerprint density at radius 3 is 2.43 bits per heavy atom. The summed E-state index contributed by atoms with van der Waals surface area (Å²) in [4.78, 5) is 16.1. The summed E-state index contributed by atoms with van der Waals surface area (Å²) in [5.41, 5.74) is 8.27. The van der Waals surface area contributed by atoms with Crippen LogP contribution in [0.1, 0.15) is 23.6 Å². The quantitative estimate of drug-likeness (QED) is 0.795. The Kier molecular flexibility index (Phi) is 3.65. The van der Waals surface area contributed by atoms with Gasteiger partial charge in [-0.2, -0.15) is 0 Å². The van der Waals surface area contributed by atoms with Gasteiger partial charge in [0.25, 0.3) is 0 Å². The minimum Gasteiger partial charge on any atom is -0.370 e. The summed E-state index contributed by atoms with van der Waals surface area (Å²) >= 11 is 0. The number of fused-ring (bicyclic) bond motifs is 1. The van der Waals surface area contributed by atoms with Crippen molar-refractivity contribution in [3.05, 3.63) is 78.0 Å². The largest absolute Gasteiger partial charge is 0.370 e. The lowest BCUT2D eigenvalue weighted by Gasteiger charge is -2.16. The van der Waals surface area contributed by atoms with Gasteiger partial charge in [-0.25, -0.2) is 0 Å². The number of carbonyl (C=O) groups excluding carboxylic acids is 1. The van der Waals surface area contributed by atoms with Crippen molar-refractivity contribution >= 4 is 16.8 Å². The highest BCUT2D eigenvalue weighted by Gasteiger charge is 2.18. The van der Waals surface area contributed by atoms with Crippen molar-refractivity contribution in [1.29, 1.82) is 0 Å². The van der Waals surface area contributed by atoms with Crippen LogP contribution in [0.25, 0.3) is 10.9 Å². The molecule has 0 fully saturated rings. The monoisotopic (exact) mass is 276 g/mol. The normalized spacial score (nSPS) is 12.2. The van der Waals surface area contributed by atoms with Crippen LogP contribution < -0.4 is 5.73 Å². The molecule has 0 radical (unpaired) electrons. The number of nitrogens with two attached hydrogens (primary N) is 1. The zero-order chi connectivity index (χ0) is 14.7. The topological polar surface area (TPSA) is 56.0 Å². The number of primary amides is 1. The van der Waals surface area contributed by atoms with Crippen LogP contribution in [-0.4, -0.2) is 10.9 Å². The lowest BCUT2D eigenvalue weighted by atomic mass is 9.91. The summed E-state index contributed by atoms with van der Waals surface area (Å²) in [7, 11) is 0. The minimum absolute atomic E-state index is 0.103. The summed E-state index contributed by atoms with van der Waals surface area (Å²) in [6.07, 6.45) is 0.259. The van der Waals surface area contributed by atoms with E-state index in [4.69, 9.17) is 10.7 Å². The van der Waals surface area contributed by atoms with Crippen molar-refractivity contribution in [3.8, 4) is 0 Å². The Morgan fingerprint density at radius 1 is 0.952 bits per heavy atom. The number of pyridine rings is 1. The van der Waals surface area contributed by atoms with Crippen molar-refractivity contribution in [2.45, 2.75) is 12.3 Å².